The summed E-state index contributed by atoms with van der Waals surface area (Å²) in [5.41, 5.74) is 5.51. The van der Waals surface area contributed by atoms with Gasteiger partial charge in [-0.15, -0.1) is 0 Å². The summed E-state index contributed by atoms with van der Waals surface area (Å²) in [6.07, 6.45) is 1.47. The molecule has 0 saturated carbocycles. The van der Waals surface area contributed by atoms with E-state index < -0.39 is 8.77 Å². The summed E-state index contributed by atoms with van der Waals surface area (Å²) < 4.78 is 19.5. The lowest BCUT2D eigenvalue weighted by Crippen LogP contribution is -1.99. The van der Waals surface area contributed by atoms with Crippen LogP contribution in [0.3, 0.4) is 0 Å². The van der Waals surface area contributed by atoms with Crippen molar-refractivity contribution in [2.75, 3.05) is 5.73 Å². The Hall–Kier alpha value is -0.590. The lowest BCUT2D eigenvalue weighted by molar-refractivity contribution is 0.559. The van der Waals surface area contributed by atoms with E-state index in [9.17, 15) is 4.21 Å². The fourth-order valence-corrected chi connectivity index (χ4v) is 1.61. The Labute approximate surface area is 62.9 Å². The zero-order valence-corrected chi connectivity index (χ0v) is 6.54. The molecule has 0 aromatic carbocycles. The molecule has 4 N–H and O–H groups in total. The van der Waals surface area contributed by atoms with Gasteiger partial charge in [-0.2, -0.15) is 0 Å². The highest BCUT2D eigenvalue weighted by molar-refractivity contribution is 8.29. The predicted molar refractivity (Wildman–Crippen MR) is 41.6 cm³/mol. The third-order valence-electron chi connectivity index (χ3n) is 0.997. The van der Waals surface area contributed by atoms with Crippen LogP contribution in [0.1, 0.15) is 0 Å². The number of hydrogen-bond acceptors (Lipinski definition) is 3. The molecular weight excluding hydrogens is 172 g/mol. The topological polar surface area (TPSA) is 79.1 Å². The quantitative estimate of drug-likeness (QED) is 0.573. The molecule has 1 unspecified atom stereocenters. The van der Waals surface area contributed by atoms with Crippen molar-refractivity contribution in [3.63, 3.8) is 0 Å². The van der Waals surface area contributed by atoms with Crippen LogP contribution in [-0.2, 0) is 20.0 Å². The highest BCUT2D eigenvalue weighted by Crippen LogP contribution is 2.14. The molecular formula is C4H6N2O2S2. The molecule has 1 aromatic rings. The van der Waals surface area contributed by atoms with E-state index >= 15 is 0 Å². The molecule has 1 atom stereocenters. The van der Waals surface area contributed by atoms with Gasteiger partial charge >= 0.3 is 0 Å². The van der Waals surface area contributed by atoms with Gasteiger partial charge in [0.15, 0.2) is 13.8 Å². The maximum atomic E-state index is 10.7. The van der Waals surface area contributed by atoms with Crippen LogP contribution in [0, 0.1) is 0 Å². The summed E-state index contributed by atoms with van der Waals surface area (Å²) >= 11 is 4.26. The number of hydrogen-bond donors (Lipinski definition) is 3. The number of aromatic amines is 1. The van der Waals surface area contributed by atoms with Crippen molar-refractivity contribution < 1.29 is 8.76 Å². The van der Waals surface area contributed by atoms with Crippen LogP contribution in [0.4, 0.5) is 5.69 Å². The standard InChI is InChI=1S/C4H6N2O2S2/c5-3-1-2-6-4(3)10(7,8)9/h1-2,6H,5H2,(H,7,8,9). The minimum atomic E-state index is -3.34. The zero-order valence-electron chi connectivity index (χ0n) is 4.90. The molecule has 0 amide bonds. The SMILES string of the molecule is Nc1cc[nH]c1S(=O)(O)=S. The summed E-state index contributed by atoms with van der Waals surface area (Å²) in [5, 5.41) is 0.0162. The molecule has 0 aliphatic rings. The van der Waals surface area contributed by atoms with E-state index in [1.54, 1.807) is 0 Å². The van der Waals surface area contributed by atoms with Crippen LogP contribution in [0.2, 0.25) is 0 Å². The summed E-state index contributed by atoms with van der Waals surface area (Å²) in [6, 6.07) is 1.48. The molecule has 0 spiro atoms. The number of anilines is 1. The first kappa shape index (κ1) is 7.52. The molecule has 4 nitrogen and oxygen atoms in total. The molecule has 1 rings (SSSR count). The van der Waals surface area contributed by atoms with Gasteiger partial charge in [0.05, 0.1) is 5.69 Å². The zero-order chi connectivity index (χ0) is 7.78. The van der Waals surface area contributed by atoms with E-state index in [-0.39, 0.29) is 10.7 Å². The van der Waals surface area contributed by atoms with Gasteiger partial charge in [-0.05, 0) is 6.07 Å². The second-order valence-electron chi connectivity index (χ2n) is 1.74. The lowest BCUT2D eigenvalue weighted by Gasteiger charge is -1.95. The van der Waals surface area contributed by atoms with E-state index in [1.807, 2.05) is 0 Å². The fraction of sp³-hybridized carbons (Fsp3) is 0. The van der Waals surface area contributed by atoms with E-state index in [0.29, 0.717) is 0 Å². The normalized spacial score (nSPS) is 16.5. The number of nitrogens with two attached hydrogens (primary N) is 1. The van der Waals surface area contributed by atoms with Crippen LogP contribution in [0.25, 0.3) is 0 Å². The molecule has 56 valence electrons. The van der Waals surface area contributed by atoms with Crippen molar-refractivity contribution in [3.05, 3.63) is 12.3 Å². The number of nitrogens with one attached hydrogen (secondary N) is 1. The monoisotopic (exact) mass is 178 g/mol. The number of aromatic nitrogens is 1. The Morgan fingerprint density at radius 2 is 2.40 bits per heavy atom. The molecule has 0 aliphatic heterocycles. The van der Waals surface area contributed by atoms with Gasteiger partial charge in [0.25, 0.3) is 0 Å². The largest absolute Gasteiger partial charge is 0.396 e. The van der Waals surface area contributed by atoms with Crippen molar-refractivity contribution in [2.24, 2.45) is 0 Å². The Morgan fingerprint density at radius 1 is 1.80 bits per heavy atom. The first-order valence-corrected chi connectivity index (χ1v) is 4.86. The fourth-order valence-electron chi connectivity index (χ4n) is 0.590. The maximum absolute atomic E-state index is 10.7. The number of H-pyrrole nitrogens is 1. The second-order valence-corrected chi connectivity index (χ2v) is 4.45. The molecule has 1 aromatic heterocycles. The highest BCUT2D eigenvalue weighted by atomic mass is 32.8. The number of nitrogen functional groups attached to an aromatic ring is 1. The van der Waals surface area contributed by atoms with Gasteiger partial charge in [0.1, 0.15) is 0 Å². The van der Waals surface area contributed by atoms with Crippen LogP contribution < -0.4 is 5.73 Å². The maximum Gasteiger partial charge on any atom is 0.188 e. The Bertz CT molecular complexity index is 327. The van der Waals surface area contributed by atoms with Gasteiger partial charge in [-0.25, -0.2) is 4.21 Å². The van der Waals surface area contributed by atoms with Crippen LogP contribution in [0.15, 0.2) is 17.3 Å². The molecule has 6 heteroatoms. The van der Waals surface area contributed by atoms with Crippen molar-refractivity contribution in [2.45, 2.75) is 5.03 Å². The average Bonchev–Trinajstić information content (AvgIpc) is 2.11. The third-order valence-corrected chi connectivity index (χ3v) is 2.37. The Kier molecular flexibility index (Phi) is 1.67. The molecule has 1 heterocycles. The van der Waals surface area contributed by atoms with Gasteiger partial charge in [0.2, 0.25) is 0 Å². The predicted octanol–water partition coefficient (Wildman–Crippen LogP) is 0.175. The van der Waals surface area contributed by atoms with Gasteiger partial charge in [-0.3, -0.25) is 0 Å². The van der Waals surface area contributed by atoms with Gasteiger partial charge < -0.3 is 15.3 Å². The summed E-state index contributed by atoms with van der Waals surface area (Å²) in [7, 11) is -3.34. The van der Waals surface area contributed by atoms with Crippen molar-refractivity contribution in [3.8, 4) is 0 Å². The van der Waals surface area contributed by atoms with Crippen molar-refractivity contribution >= 4 is 25.6 Å². The first-order chi connectivity index (χ1) is 4.52. The molecule has 0 saturated heterocycles. The Morgan fingerprint density at radius 3 is 2.60 bits per heavy atom. The van der Waals surface area contributed by atoms with Crippen LogP contribution in [0.5, 0.6) is 0 Å². The molecule has 10 heavy (non-hydrogen) atoms. The number of rotatable bonds is 1. The minimum Gasteiger partial charge on any atom is -0.396 e. The van der Waals surface area contributed by atoms with Gasteiger partial charge in [-0.1, -0.05) is 0 Å². The minimum absolute atomic E-state index is 0.0162. The summed E-state index contributed by atoms with van der Waals surface area (Å²) in [4.78, 5) is 2.49. The van der Waals surface area contributed by atoms with Gasteiger partial charge in [0, 0.05) is 17.4 Å². The van der Waals surface area contributed by atoms with E-state index in [1.165, 1.54) is 12.3 Å². The molecule has 0 fully saturated rings. The molecule has 0 aliphatic carbocycles. The smallest absolute Gasteiger partial charge is 0.188 e. The van der Waals surface area contributed by atoms with E-state index in [0.717, 1.165) is 0 Å². The lowest BCUT2D eigenvalue weighted by atomic mass is 10.6. The molecule has 0 bridgehead atoms. The third kappa shape index (κ3) is 1.28. The first-order valence-electron chi connectivity index (χ1n) is 2.42. The van der Waals surface area contributed by atoms with Crippen LogP contribution >= 0.6 is 0 Å². The van der Waals surface area contributed by atoms with Crippen LogP contribution in [-0.4, -0.2) is 13.7 Å². The van der Waals surface area contributed by atoms with E-state index in [2.05, 4.69) is 16.2 Å². The molecule has 0 radical (unpaired) electrons. The van der Waals surface area contributed by atoms with Crippen molar-refractivity contribution in [1.82, 2.24) is 4.98 Å². The second kappa shape index (κ2) is 2.22. The summed E-state index contributed by atoms with van der Waals surface area (Å²) in [5.74, 6) is 0. The highest BCUT2D eigenvalue weighted by Gasteiger charge is 2.09. The average molecular weight is 178 g/mol. The van der Waals surface area contributed by atoms with Crippen molar-refractivity contribution in [1.29, 1.82) is 0 Å². The van der Waals surface area contributed by atoms with E-state index in [4.69, 9.17) is 10.3 Å². The summed E-state index contributed by atoms with van der Waals surface area (Å²) in [6.45, 7) is 0. The Balaban J connectivity index is 3.32.